The van der Waals surface area contributed by atoms with Crippen molar-refractivity contribution in [1.82, 2.24) is 9.88 Å². The number of nitrogens with one attached hydrogen (secondary N) is 1. The van der Waals surface area contributed by atoms with Gasteiger partial charge in [0.15, 0.2) is 17.6 Å². The van der Waals surface area contributed by atoms with E-state index >= 15 is 0 Å². The molecule has 3 aromatic rings. The molecule has 2 aliphatic heterocycles. The molecule has 2 unspecified atom stereocenters. The van der Waals surface area contributed by atoms with Crippen LogP contribution in [0.1, 0.15) is 30.0 Å². The van der Waals surface area contributed by atoms with Gasteiger partial charge in [0.25, 0.3) is 0 Å². The van der Waals surface area contributed by atoms with E-state index in [2.05, 4.69) is 28.9 Å². The lowest BCUT2D eigenvalue weighted by Crippen LogP contribution is -2.47. The minimum atomic E-state index is -0.577. The number of likely N-dealkylation sites (tertiary alicyclic amines) is 1. The number of para-hydroxylation sites is 2. The summed E-state index contributed by atoms with van der Waals surface area (Å²) in [4.78, 5) is 5.88. The van der Waals surface area contributed by atoms with Crippen molar-refractivity contribution in [2.24, 2.45) is 0 Å². The topological polar surface area (TPSA) is 67.0 Å². The Balaban J connectivity index is 1.20. The molecular formula is C25H30N2O4. The molecular weight excluding hydrogens is 392 g/mol. The molecule has 0 saturated carbocycles. The second kappa shape index (κ2) is 8.44. The summed E-state index contributed by atoms with van der Waals surface area (Å²) in [5, 5.41) is 12.1. The van der Waals surface area contributed by atoms with Gasteiger partial charge in [-0.2, -0.15) is 0 Å². The van der Waals surface area contributed by atoms with E-state index in [1.807, 2.05) is 30.3 Å². The molecule has 164 valence electrons. The minimum absolute atomic E-state index is 0.335. The fourth-order valence-electron chi connectivity index (χ4n) is 5.00. The van der Waals surface area contributed by atoms with E-state index < -0.39 is 6.10 Å². The molecule has 1 aromatic heterocycles. The highest BCUT2D eigenvalue weighted by Crippen LogP contribution is 2.37. The first-order valence-electron chi connectivity index (χ1n) is 11.1. The number of aliphatic hydroxyl groups is 1. The molecule has 0 amide bonds. The average molecular weight is 423 g/mol. The Hall–Kier alpha value is -2.70. The van der Waals surface area contributed by atoms with Crippen LogP contribution in [-0.4, -0.2) is 60.5 Å². The number of rotatable bonds is 5. The number of hydrogen-bond donors (Lipinski definition) is 2. The van der Waals surface area contributed by atoms with Crippen LogP contribution in [0.4, 0.5) is 0 Å². The fraction of sp³-hybridized carbons (Fsp3) is 0.440. The van der Waals surface area contributed by atoms with Gasteiger partial charge in [0.2, 0.25) is 0 Å². The molecule has 3 heterocycles. The van der Waals surface area contributed by atoms with E-state index in [-0.39, 0.29) is 6.10 Å². The van der Waals surface area contributed by atoms with E-state index in [1.165, 1.54) is 16.6 Å². The normalized spacial score (nSPS) is 20.7. The predicted molar refractivity (Wildman–Crippen MR) is 120 cm³/mol. The molecule has 0 spiro atoms. The average Bonchev–Trinajstić information content (AvgIpc) is 3.14. The number of aryl methyl sites for hydroxylation is 1. The molecule has 0 bridgehead atoms. The van der Waals surface area contributed by atoms with E-state index in [4.69, 9.17) is 14.2 Å². The molecule has 2 N–H and O–H groups in total. The number of piperidine rings is 1. The molecule has 5 rings (SSSR count). The van der Waals surface area contributed by atoms with E-state index in [0.717, 1.165) is 42.9 Å². The monoisotopic (exact) mass is 422 g/mol. The van der Waals surface area contributed by atoms with Gasteiger partial charge < -0.3 is 29.2 Å². The number of aliphatic hydroxyl groups excluding tert-OH is 1. The number of benzene rings is 2. The van der Waals surface area contributed by atoms with Crippen molar-refractivity contribution in [2.75, 3.05) is 33.4 Å². The maximum absolute atomic E-state index is 10.8. The van der Waals surface area contributed by atoms with Gasteiger partial charge in [-0.3, -0.25) is 0 Å². The number of ether oxygens (including phenoxy) is 3. The van der Waals surface area contributed by atoms with Crippen LogP contribution < -0.4 is 14.2 Å². The summed E-state index contributed by atoms with van der Waals surface area (Å²) < 4.78 is 17.1. The Morgan fingerprint density at radius 2 is 1.94 bits per heavy atom. The largest absolute Gasteiger partial charge is 0.497 e. The zero-order valence-electron chi connectivity index (χ0n) is 18.1. The van der Waals surface area contributed by atoms with Crippen LogP contribution in [0.25, 0.3) is 10.9 Å². The molecule has 6 heteroatoms. The maximum Gasteiger partial charge on any atom is 0.161 e. The first-order chi connectivity index (χ1) is 15.1. The Bertz CT molecular complexity index is 1050. The number of aromatic amines is 1. The van der Waals surface area contributed by atoms with Crippen LogP contribution in [0.2, 0.25) is 0 Å². The van der Waals surface area contributed by atoms with Gasteiger partial charge in [-0.25, -0.2) is 0 Å². The van der Waals surface area contributed by atoms with Gasteiger partial charge in [-0.15, -0.1) is 0 Å². The molecule has 1 fully saturated rings. The first-order valence-corrected chi connectivity index (χ1v) is 11.1. The smallest absolute Gasteiger partial charge is 0.161 e. The molecule has 31 heavy (non-hydrogen) atoms. The highest BCUT2D eigenvalue weighted by Gasteiger charge is 2.31. The molecule has 0 radical (unpaired) electrons. The lowest BCUT2D eigenvalue weighted by atomic mass is 9.87. The van der Waals surface area contributed by atoms with Crippen molar-refractivity contribution in [3.8, 4) is 17.2 Å². The Kier molecular flexibility index (Phi) is 5.50. The van der Waals surface area contributed by atoms with Crippen molar-refractivity contribution in [3.63, 3.8) is 0 Å². The van der Waals surface area contributed by atoms with Crippen LogP contribution in [0.15, 0.2) is 42.5 Å². The summed E-state index contributed by atoms with van der Waals surface area (Å²) in [6.45, 7) is 5.08. The summed E-state index contributed by atoms with van der Waals surface area (Å²) in [5.41, 5.74) is 3.81. The van der Waals surface area contributed by atoms with E-state index in [9.17, 15) is 5.11 Å². The van der Waals surface area contributed by atoms with E-state index in [0.29, 0.717) is 24.8 Å². The number of hydrogen-bond acceptors (Lipinski definition) is 5. The summed E-state index contributed by atoms with van der Waals surface area (Å²) in [6, 6.07) is 13.9. The van der Waals surface area contributed by atoms with Gasteiger partial charge in [-0.05, 0) is 68.6 Å². The van der Waals surface area contributed by atoms with Crippen LogP contribution in [0.5, 0.6) is 17.2 Å². The minimum Gasteiger partial charge on any atom is -0.497 e. The van der Waals surface area contributed by atoms with Crippen molar-refractivity contribution in [3.05, 3.63) is 53.7 Å². The molecule has 6 nitrogen and oxygen atoms in total. The zero-order chi connectivity index (χ0) is 21.4. The molecule has 2 aliphatic rings. The van der Waals surface area contributed by atoms with Crippen LogP contribution in [0, 0.1) is 6.92 Å². The number of H-pyrrole nitrogens is 1. The molecule has 2 atom stereocenters. The van der Waals surface area contributed by atoms with Crippen LogP contribution in [-0.2, 0) is 0 Å². The Morgan fingerprint density at radius 3 is 2.71 bits per heavy atom. The van der Waals surface area contributed by atoms with Crippen LogP contribution >= 0.6 is 0 Å². The summed E-state index contributed by atoms with van der Waals surface area (Å²) >= 11 is 0. The fourth-order valence-corrected chi connectivity index (χ4v) is 5.00. The number of nitrogens with zero attached hydrogens (tertiary/aromatic N) is 1. The van der Waals surface area contributed by atoms with Gasteiger partial charge in [0.05, 0.1) is 7.11 Å². The standard InChI is InChI=1S/C25H30N2O4/c1-16-25(19-8-7-18(29-2)13-20(19)26-16)17-9-11-27(12-10-17)14-21(28)24-15-30-22-5-3-4-6-23(22)31-24/h3-8,13,17,21,24,26,28H,9-12,14-15H2,1-2H3. The third kappa shape index (κ3) is 3.98. The number of methoxy groups -OCH3 is 1. The maximum atomic E-state index is 10.8. The van der Waals surface area contributed by atoms with Gasteiger partial charge in [0.1, 0.15) is 18.5 Å². The molecule has 2 aromatic carbocycles. The van der Waals surface area contributed by atoms with Crippen molar-refractivity contribution in [1.29, 1.82) is 0 Å². The second-order valence-electron chi connectivity index (χ2n) is 8.63. The molecule has 0 aliphatic carbocycles. The second-order valence-corrected chi connectivity index (χ2v) is 8.63. The highest BCUT2D eigenvalue weighted by molar-refractivity contribution is 5.86. The zero-order valence-corrected chi connectivity index (χ0v) is 18.1. The lowest BCUT2D eigenvalue weighted by molar-refractivity contribution is -0.0280. The summed E-state index contributed by atoms with van der Waals surface area (Å²) in [6.07, 6.45) is 1.25. The number of β-amino-alcohol motifs (C(OH)–C–C–N with tert-alkyl or cyclic N) is 1. The van der Waals surface area contributed by atoms with Crippen molar-refractivity contribution in [2.45, 2.75) is 37.9 Å². The van der Waals surface area contributed by atoms with Gasteiger partial charge >= 0.3 is 0 Å². The highest BCUT2D eigenvalue weighted by atomic mass is 16.6. The number of aromatic nitrogens is 1. The Morgan fingerprint density at radius 1 is 1.16 bits per heavy atom. The van der Waals surface area contributed by atoms with Crippen molar-refractivity contribution < 1.29 is 19.3 Å². The SMILES string of the molecule is COc1ccc2c(C3CCN(CC(O)C4COc5ccccc5O4)CC3)c(C)[nH]c2c1. The predicted octanol–water partition coefficient (Wildman–Crippen LogP) is 3.87. The quantitative estimate of drug-likeness (QED) is 0.654. The lowest BCUT2D eigenvalue weighted by Gasteiger charge is -2.36. The summed E-state index contributed by atoms with van der Waals surface area (Å²) in [5.74, 6) is 2.86. The summed E-state index contributed by atoms with van der Waals surface area (Å²) in [7, 11) is 1.70. The van der Waals surface area contributed by atoms with Gasteiger partial charge in [-0.1, -0.05) is 12.1 Å². The van der Waals surface area contributed by atoms with E-state index in [1.54, 1.807) is 7.11 Å². The Labute approximate surface area is 182 Å². The third-order valence-corrected chi connectivity index (χ3v) is 6.64. The van der Waals surface area contributed by atoms with Crippen LogP contribution in [0.3, 0.4) is 0 Å². The third-order valence-electron chi connectivity index (χ3n) is 6.64. The van der Waals surface area contributed by atoms with Crippen molar-refractivity contribution >= 4 is 10.9 Å². The number of fused-ring (bicyclic) bond motifs is 2. The molecule has 1 saturated heterocycles. The first kappa shape index (κ1) is 20.2. The van der Waals surface area contributed by atoms with Gasteiger partial charge in [0, 0.05) is 29.2 Å².